The molecule has 1 heterocycles. The second kappa shape index (κ2) is 9.54. The Labute approximate surface area is 179 Å². The van der Waals surface area contributed by atoms with Gasteiger partial charge in [-0.2, -0.15) is 0 Å². The van der Waals surface area contributed by atoms with E-state index in [4.69, 9.17) is 17.3 Å². The van der Waals surface area contributed by atoms with E-state index in [0.717, 1.165) is 5.56 Å². The van der Waals surface area contributed by atoms with Gasteiger partial charge in [-0.3, -0.25) is 19.2 Å². The van der Waals surface area contributed by atoms with Crippen LogP contribution >= 0.6 is 11.6 Å². The largest absolute Gasteiger partial charge is 0.363 e. The van der Waals surface area contributed by atoms with Gasteiger partial charge in [0.05, 0.1) is 0 Å². The van der Waals surface area contributed by atoms with E-state index in [1.165, 1.54) is 4.90 Å². The van der Waals surface area contributed by atoms with Crippen molar-refractivity contribution >= 4 is 35.1 Å². The van der Waals surface area contributed by atoms with E-state index in [9.17, 15) is 19.2 Å². The van der Waals surface area contributed by atoms with Crippen molar-refractivity contribution in [1.29, 1.82) is 0 Å². The third-order valence-corrected chi connectivity index (χ3v) is 5.25. The minimum Gasteiger partial charge on any atom is -0.363 e. The molecule has 0 spiro atoms. The van der Waals surface area contributed by atoms with Gasteiger partial charge >= 0.3 is 0 Å². The molecule has 7 nitrogen and oxygen atoms in total. The molecule has 8 heteroatoms. The lowest BCUT2D eigenvalue weighted by molar-refractivity contribution is -0.146. The number of rotatable bonds is 8. The molecule has 30 heavy (non-hydrogen) atoms. The minimum absolute atomic E-state index is 0.0439. The van der Waals surface area contributed by atoms with Crippen LogP contribution in [0.2, 0.25) is 5.02 Å². The van der Waals surface area contributed by atoms with E-state index in [2.05, 4.69) is 5.32 Å². The number of nitrogens with two attached hydrogens (primary N) is 1. The molecule has 2 aromatic carbocycles. The number of hydrogen-bond acceptors (Lipinski definition) is 4. The molecule has 0 bridgehead atoms. The van der Waals surface area contributed by atoms with E-state index < -0.39 is 29.7 Å². The highest BCUT2D eigenvalue weighted by molar-refractivity contribution is 6.38. The molecule has 1 aliphatic rings. The van der Waals surface area contributed by atoms with Crippen LogP contribution in [-0.4, -0.2) is 40.5 Å². The molecule has 1 aliphatic heterocycles. The van der Waals surface area contributed by atoms with Gasteiger partial charge in [0.15, 0.2) is 0 Å². The van der Waals surface area contributed by atoms with Crippen LogP contribution in [0.4, 0.5) is 0 Å². The maximum Gasteiger partial charge on any atom is 0.287 e. The van der Waals surface area contributed by atoms with Gasteiger partial charge in [-0.1, -0.05) is 54.1 Å². The Morgan fingerprint density at radius 3 is 2.40 bits per heavy atom. The number of nitrogens with zero attached hydrogens (tertiary/aromatic N) is 1. The second-order valence-corrected chi connectivity index (χ2v) is 7.63. The molecule has 1 saturated heterocycles. The number of amides is 3. The molecular formula is C22H22ClN3O4. The van der Waals surface area contributed by atoms with Crippen molar-refractivity contribution in [2.75, 3.05) is 0 Å². The van der Waals surface area contributed by atoms with Crippen molar-refractivity contribution in [1.82, 2.24) is 10.2 Å². The molecule has 0 saturated carbocycles. The van der Waals surface area contributed by atoms with Crippen LogP contribution in [0, 0.1) is 0 Å². The van der Waals surface area contributed by atoms with Crippen LogP contribution < -0.4 is 11.1 Å². The van der Waals surface area contributed by atoms with Crippen molar-refractivity contribution in [2.24, 2.45) is 5.73 Å². The zero-order valence-electron chi connectivity index (χ0n) is 16.2. The Morgan fingerprint density at radius 2 is 1.80 bits per heavy atom. The third kappa shape index (κ3) is 5.24. The molecule has 156 valence electrons. The summed E-state index contributed by atoms with van der Waals surface area (Å²) in [6.07, 6.45) is 0.677. The Bertz CT molecular complexity index is 964. The topological polar surface area (TPSA) is 110 Å². The van der Waals surface area contributed by atoms with E-state index >= 15 is 0 Å². The maximum atomic E-state index is 13.3. The zero-order chi connectivity index (χ0) is 21.7. The SMILES string of the molecule is NC(=O)C(=O)C(Cc1ccccc1)N(Cc1cccc(Cl)c1)C(=O)[C@H]1CCC(=O)N1. The highest BCUT2D eigenvalue weighted by Crippen LogP contribution is 2.20. The Balaban J connectivity index is 1.98. The van der Waals surface area contributed by atoms with Gasteiger partial charge in [0.2, 0.25) is 17.6 Å². The van der Waals surface area contributed by atoms with Gasteiger partial charge in [-0.25, -0.2) is 0 Å². The third-order valence-electron chi connectivity index (χ3n) is 5.01. The maximum absolute atomic E-state index is 13.3. The highest BCUT2D eigenvalue weighted by atomic mass is 35.5. The number of Topliss-reactive ketones (excluding diaryl/α,β-unsaturated/α-hetero) is 1. The number of nitrogens with one attached hydrogen (secondary N) is 1. The van der Waals surface area contributed by atoms with Crippen molar-refractivity contribution < 1.29 is 19.2 Å². The Kier molecular flexibility index (Phi) is 6.84. The average Bonchev–Trinajstić information content (AvgIpc) is 3.16. The summed E-state index contributed by atoms with van der Waals surface area (Å²) in [5.74, 6) is -2.64. The number of ketones is 1. The van der Waals surface area contributed by atoms with Crippen LogP contribution in [0.25, 0.3) is 0 Å². The van der Waals surface area contributed by atoms with Crippen LogP contribution in [0.1, 0.15) is 24.0 Å². The summed E-state index contributed by atoms with van der Waals surface area (Å²) < 4.78 is 0. The summed E-state index contributed by atoms with van der Waals surface area (Å²) in [5.41, 5.74) is 6.77. The number of benzene rings is 2. The zero-order valence-corrected chi connectivity index (χ0v) is 17.0. The average molecular weight is 428 g/mol. The predicted molar refractivity (Wildman–Crippen MR) is 111 cm³/mol. The summed E-state index contributed by atoms with van der Waals surface area (Å²) in [6.45, 7) is 0.0439. The second-order valence-electron chi connectivity index (χ2n) is 7.19. The van der Waals surface area contributed by atoms with E-state index in [1.807, 2.05) is 18.2 Å². The van der Waals surface area contributed by atoms with Gasteiger partial charge in [0.1, 0.15) is 12.1 Å². The first-order chi connectivity index (χ1) is 14.3. The van der Waals surface area contributed by atoms with Crippen molar-refractivity contribution in [3.63, 3.8) is 0 Å². The fourth-order valence-corrected chi connectivity index (χ4v) is 3.73. The lowest BCUT2D eigenvalue weighted by atomic mass is 9.98. The first-order valence-electron chi connectivity index (χ1n) is 9.57. The molecule has 3 rings (SSSR count). The Morgan fingerprint density at radius 1 is 1.10 bits per heavy atom. The normalized spacial score (nSPS) is 16.6. The molecule has 1 unspecified atom stereocenters. The molecule has 1 fully saturated rings. The molecule has 3 N–H and O–H groups in total. The van der Waals surface area contributed by atoms with E-state index in [0.29, 0.717) is 17.0 Å². The van der Waals surface area contributed by atoms with Gasteiger partial charge in [0.25, 0.3) is 5.91 Å². The van der Waals surface area contributed by atoms with Crippen LogP contribution in [0.15, 0.2) is 54.6 Å². The van der Waals surface area contributed by atoms with E-state index in [-0.39, 0.29) is 25.3 Å². The summed E-state index contributed by atoms with van der Waals surface area (Å²) in [7, 11) is 0. The summed E-state index contributed by atoms with van der Waals surface area (Å²) in [4.78, 5) is 50.8. The minimum atomic E-state index is -1.12. The van der Waals surface area contributed by atoms with Crippen LogP contribution in [0.5, 0.6) is 0 Å². The smallest absolute Gasteiger partial charge is 0.287 e. The van der Waals surface area contributed by atoms with Crippen molar-refractivity contribution in [2.45, 2.75) is 37.9 Å². The van der Waals surface area contributed by atoms with Gasteiger partial charge in [0, 0.05) is 24.4 Å². The van der Waals surface area contributed by atoms with Gasteiger partial charge in [-0.05, 0) is 29.7 Å². The molecule has 3 amide bonds. The van der Waals surface area contributed by atoms with Crippen LogP contribution in [-0.2, 0) is 32.1 Å². The molecule has 2 atom stereocenters. The summed E-state index contributed by atoms with van der Waals surface area (Å²) >= 11 is 6.07. The number of hydrogen-bond donors (Lipinski definition) is 2. The van der Waals surface area contributed by atoms with Gasteiger partial charge in [-0.15, -0.1) is 0 Å². The molecule has 0 radical (unpaired) electrons. The number of carbonyl (C=O) groups excluding carboxylic acids is 4. The fraction of sp³-hybridized carbons (Fsp3) is 0.273. The first kappa shape index (κ1) is 21.5. The standard InChI is InChI=1S/C22H22ClN3O4/c23-16-8-4-7-15(11-16)13-26(22(30)17-9-10-19(27)25-17)18(20(28)21(24)29)12-14-5-2-1-3-6-14/h1-8,11,17-18H,9-10,12-13H2,(H2,24,29)(H,25,27)/t17-,18?/m1/s1. The molecule has 2 aromatic rings. The monoisotopic (exact) mass is 427 g/mol. The lowest BCUT2D eigenvalue weighted by Gasteiger charge is -2.32. The quantitative estimate of drug-likeness (QED) is 0.623. The fourth-order valence-electron chi connectivity index (χ4n) is 3.52. The molecule has 0 aliphatic carbocycles. The van der Waals surface area contributed by atoms with Crippen LogP contribution in [0.3, 0.4) is 0 Å². The highest BCUT2D eigenvalue weighted by Gasteiger charge is 2.38. The summed E-state index contributed by atoms with van der Waals surface area (Å²) in [6, 6.07) is 14.1. The van der Waals surface area contributed by atoms with Crippen molar-refractivity contribution in [3.8, 4) is 0 Å². The predicted octanol–water partition coefficient (Wildman–Crippen LogP) is 1.61. The Hall–Kier alpha value is -3.19. The summed E-state index contributed by atoms with van der Waals surface area (Å²) in [5, 5.41) is 3.12. The first-order valence-corrected chi connectivity index (χ1v) is 9.95. The number of carbonyl (C=O) groups is 4. The lowest BCUT2D eigenvalue weighted by Crippen LogP contribution is -2.54. The molecule has 0 aromatic heterocycles. The number of halogens is 1. The van der Waals surface area contributed by atoms with Crippen molar-refractivity contribution in [3.05, 3.63) is 70.7 Å². The van der Waals surface area contributed by atoms with Gasteiger partial charge < -0.3 is 16.0 Å². The van der Waals surface area contributed by atoms with E-state index in [1.54, 1.807) is 36.4 Å². The number of primary amides is 1. The molecular weight excluding hydrogens is 406 g/mol.